The molecular weight excluding hydrogens is 307 g/mol. The van der Waals surface area contributed by atoms with Gasteiger partial charge in [-0.25, -0.2) is 0 Å². The summed E-state index contributed by atoms with van der Waals surface area (Å²) in [7, 11) is 0. The molecule has 0 fully saturated rings. The predicted octanol–water partition coefficient (Wildman–Crippen LogP) is 3.27. The second kappa shape index (κ2) is 3.88. The zero-order chi connectivity index (χ0) is 11.1. The Bertz CT molecular complexity index is 680. The van der Waals surface area contributed by atoms with E-state index in [1.807, 2.05) is 0 Å². The van der Waals surface area contributed by atoms with Gasteiger partial charge in [0.1, 0.15) is 0 Å². The summed E-state index contributed by atoms with van der Waals surface area (Å²) in [6.07, 6.45) is 4.77. The molecule has 0 amide bonds. The Kier molecular flexibility index (Phi) is 2.51. The molecule has 2 aromatic carbocycles. The van der Waals surface area contributed by atoms with Gasteiger partial charge < -0.3 is 0 Å². The van der Waals surface area contributed by atoms with Gasteiger partial charge in [-0.05, 0) is 72.7 Å². The SMILES string of the molecule is Cc1cc2ccccc2c2c1=CCCC=2I. The lowest BCUT2D eigenvalue weighted by molar-refractivity contribution is 1.11. The van der Waals surface area contributed by atoms with Crippen LogP contribution >= 0.6 is 22.6 Å². The molecule has 0 aliphatic heterocycles. The van der Waals surface area contributed by atoms with Gasteiger partial charge in [-0.15, -0.1) is 0 Å². The van der Waals surface area contributed by atoms with Crippen molar-refractivity contribution in [2.75, 3.05) is 0 Å². The van der Waals surface area contributed by atoms with Crippen LogP contribution in [0.15, 0.2) is 30.3 Å². The summed E-state index contributed by atoms with van der Waals surface area (Å²) in [6.45, 7) is 2.22. The van der Waals surface area contributed by atoms with Gasteiger partial charge in [-0.1, -0.05) is 36.4 Å². The zero-order valence-corrected chi connectivity index (χ0v) is 11.4. The summed E-state index contributed by atoms with van der Waals surface area (Å²) in [4.78, 5) is 0. The number of rotatable bonds is 0. The molecule has 3 rings (SSSR count). The molecule has 1 heteroatoms. The van der Waals surface area contributed by atoms with E-state index in [9.17, 15) is 0 Å². The van der Waals surface area contributed by atoms with Crippen molar-refractivity contribution >= 4 is 43.0 Å². The van der Waals surface area contributed by atoms with Gasteiger partial charge in [-0.2, -0.15) is 0 Å². The number of aryl methyl sites for hydroxylation is 1. The molecule has 0 N–H and O–H groups in total. The van der Waals surface area contributed by atoms with Gasteiger partial charge >= 0.3 is 0 Å². The number of hydrogen-bond donors (Lipinski definition) is 0. The van der Waals surface area contributed by atoms with E-state index in [1.54, 1.807) is 0 Å². The molecule has 0 atom stereocenters. The Balaban J connectivity index is 2.68. The minimum Gasteiger partial charge on any atom is -0.0760 e. The summed E-state index contributed by atoms with van der Waals surface area (Å²) >= 11 is 2.51. The number of hydrogen-bond acceptors (Lipinski definition) is 0. The van der Waals surface area contributed by atoms with Gasteiger partial charge in [0.2, 0.25) is 0 Å². The highest BCUT2D eigenvalue weighted by atomic mass is 127. The lowest BCUT2D eigenvalue weighted by atomic mass is 9.98. The molecule has 0 radical (unpaired) electrons. The van der Waals surface area contributed by atoms with Crippen molar-refractivity contribution in [3.63, 3.8) is 0 Å². The highest BCUT2D eigenvalue weighted by molar-refractivity contribution is 14.1. The standard InChI is InChI=1S/C15H13I/c1-10-9-11-5-2-3-6-13(11)15-12(10)7-4-8-14(15)16/h2-3,5-7,9H,4,8H2,1H3. The second-order valence-corrected chi connectivity index (χ2v) is 5.65. The zero-order valence-electron chi connectivity index (χ0n) is 9.26. The maximum atomic E-state index is 2.51. The van der Waals surface area contributed by atoms with Crippen LogP contribution in [0.1, 0.15) is 18.4 Å². The lowest BCUT2D eigenvalue weighted by Crippen LogP contribution is -2.31. The van der Waals surface area contributed by atoms with E-state index in [0.717, 1.165) is 0 Å². The molecule has 0 unspecified atom stereocenters. The third-order valence-corrected chi connectivity index (χ3v) is 4.36. The molecule has 0 aromatic heterocycles. The fourth-order valence-electron chi connectivity index (χ4n) is 2.53. The fourth-order valence-corrected chi connectivity index (χ4v) is 3.42. The van der Waals surface area contributed by atoms with Crippen molar-refractivity contribution < 1.29 is 0 Å². The first kappa shape index (κ1) is 10.3. The minimum absolute atomic E-state index is 1.18. The summed E-state index contributed by atoms with van der Waals surface area (Å²) in [5.41, 5.74) is 1.41. The van der Waals surface area contributed by atoms with Crippen molar-refractivity contribution in [2.45, 2.75) is 19.8 Å². The van der Waals surface area contributed by atoms with E-state index >= 15 is 0 Å². The Labute approximate surface area is 109 Å². The monoisotopic (exact) mass is 320 g/mol. The maximum absolute atomic E-state index is 2.51. The lowest BCUT2D eigenvalue weighted by Gasteiger charge is -2.10. The molecule has 1 aliphatic rings. The van der Waals surface area contributed by atoms with Crippen LogP contribution in [0.3, 0.4) is 0 Å². The third-order valence-electron chi connectivity index (χ3n) is 3.28. The van der Waals surface area contributed by atoms with Gasteiger partial charge in [-0.3, -0.25) is 0 Å². The Morgan fingerprint density at radius 1 is 1.19 bits per heavy atom. The van der Waals surface area contributed by atoms with Crippen LogP contribution in [0.25, 0.3) is 20.4 Å². The number of benzene rings is 2. The molecule has 0 bridgehead atoms. The highest BCUT2D eigenvalue weighted by Gasteiger charge is 2.07. The number of fused-ring (bicyclic) bond motifs is 3. The Morgan fingerprint density at radius 2 is 2.00 bits per heavy atom. The first-order valence-corrected chi connectivity index (χ1v) is 6.72. The van der Waals surface area contributed by atoms with Crippen molar-refractivity contribution in [2.24, 2.45) is 0 Å². The van der Waals surface area contributed by atoms with E-state index in [0.29, 0.717) is 0 Å². The van der Waals surface area contributed by atoms with Gasteiger partial charge in [0, 0.05) is 0 Å². The van der Waals surface area contributed by atoms with Crippen molar-refractivity contribution in [1.82, 2.24) is 0 Å². The fraction of sp³-hybridized carbons (Fsp3) is 0.200. The summed E-state index contributed by atoms with van der Waals surface area (Å²) in [5, 5.41) is 5.70. The summed E-state index contributed by atoms with van der Waals surface area (Å²) in [6, 6.07) is 11.0. The molecule has 0 saturated heterocycles. The van der Waals surface area contributed by atoms with Crippen LogP contribution in [0.2, 0.25) is 0 Å². The van der Waals surface area contributed by atoms with Crippen LogP contribution in [-0.2, 0) is 0 Å². The van der Waals surface area contributed by atoms with E-state index in [-0.39, 0.29) is 0 Å². The maximum Gasteiger partial charge on any atom is -0.000636 e. The predicted molar refractivity (Wildman–Crippen MR) is 79.1 cm³/mol. The van der Waals surface area contributed by atoms with E-state index in [4.69, 9.17) is 0 Å². The van der Waals surface area contributed by atoms with Crippen LogP contribution < -0.4 is 10.4 Å². The molecule has 16 heavy (non-hydrogen) atoms. The second-order valence-electron chi connectivity index (χ2n) is 4.35. The Morgan fingerprint density at radius 3 is 2.88 bits per heavy atom. The molecule has 2 aromatic rings. The first-order valence-electron chi connectivity index (χ1n) is 5.64. The van der Waals surface area contributed by atoms with Gasteiger partial charge in [0.05, 0.1) is 0 Å². The molecular formula is C15H13I. The smallest absolute Gasteiger partial charge is 0.000636 e. The van der Waals surface area contributed by atoms with E-state index < -0.39 is 0 Å². The molecule has 0 saturated carbocycles. The van der Waals surface area contributed by atoms with E-state index in [2.05, 4.69) is 65.9 Å². The molecule has 0 heterocycles. The van der Waals surface area contributed by atoms with Gasteiger partial charge in [0.25, 0.3) is 0 Å². The normalized spacial score (nSPS) is 14.8. The highest BCUT2D eigenvalue weighted by Crippen LogP contribution is 2.19. The van der Waals surface area contributed by atoms with Crippen LogP contribution in [0, 0.1) is 6.92 Å². The Hall–Kier alpha value is -0.830. The minimum atomic E-state index is 1.18. The average molecular weight is 320 g/mol. The van der Waals surface area contributed by atoms with Crippen LogP contribution in [0.4, 0.5) is 0 Å². The topological polar surface area (TPSA) is 0 Å². The van der Waals surface area contributed by atoms with Crippen molar-refractivity contribution in [1.29, 1.82) is 0 Å². The molecule has 80 valence electrons. The van der Waals surface area contributed by atoms with Crippen LogP contribution in [-0.4, -0.2) is 0 Å². The first-order chi connectivity index (χ1) is 7.77. The number of halogens is 1. The average Bonchev–Trinajstić information content (AvgIpc) is 2.30. The largest absolute Gasteiger partial charge is 0.0760 e. The summed E-state index contributed by atoms with van der Waals surface area (Å²) < 4.78 is 1.51. The van der Waals surface area contributed by atoms with Crippen molar-refractivity contribution in [3.8, 4) is 0 Å². The quantitative estimate of drug-likeness (QED) is 0.654. The third kappa shape index (κ3) is 1.49. The van der Waals surface area contributed by atoms with Crippen molar-refractivity contribution in [3.05, 3.63) is 46.3 Å². The van der Waals surface area contributed by atoms with E-state index in [1.165, 1.54) is 43.2 Å². The molecule has 0 spiro atoms. The van der Waals surface area contributed by atoms with Crippen LogP contribution in [0.5, 0.6) is 0 Å². The molecule has 1 aliphatic carbocycles. The van der Waals surface area contributed by atoms with Gasteiger partial charge in [0.15, 0.2) is 0 Å². The molecule has 0 nitrogen and oxygen atoms in total. The summed E-state index contributed by atoms with van der Waals surface area (Å²) in [5.74, 6) is 0.